The van der Waals surface area contributed by atoms with E-state index in [0.717, 1.165) is 0 Å². The summed E-state index contributed by atoms with van der Waals surface area (Å²) in [6, 6.07) is 9.06. The van der Waals surface area contributed by atoms with Crippen molar-refractivity contribution in [3.05, 3.63) is 48.0 Å². The zero-order chi connectivity index (χ0) is 13.2. The first-order chi connectivity index (χ1) is 8.53. The number of carbonyl (C=O) groups is 2. The highest BCUT2D eigenvalue weighted by molar-refractivity contribution is 5.98. The number of aliphatic carboxylic acids is 1. The molecule has 1 aliphatic carbocycles. The topological polar surface area (TPSA) is 54.4 Å². The number of carboxylic acid groups (broad SMARTS) is 1. The molecular weight excluding hydrogens is 228 g/mol. The van der Waals surface area contributed by atoms with E-state index in [1.54, 1.807) is 25.1 Å². The standard InChI is InChI=1S/C15H16O3/c1-15(14(17)18)9-5-8-12(10-15)13(16)11-6-3-2-4-7-11/h2-7,9,12H,8,10H2,1H3,(H,17,18). The Morgan fingerprint density at radius 2 is 1.94 bits per heavy atom. The molecule has 18 heavy (non-hydrogen) atoms. The van der Waals surface area contributed by atoms with E-state index in [1.807, 2.05) is 24.3 Å². The maximum Gasteiger partial charge on any atom is 0.313 e. The molecule has 0 saturated heterocycles. The monoisotopic (exact) mass is 244 g/mol. The lowest BCUT2D eigenvalue weighted by Gasteiger charge is -2.29. The largest absolute Gasteiger partial charge is 0.481 e. The van der Waals surface area contributed by atoms with E-state index in [4.69, 9.17) is 0 Å². The third-order valence-electron chi connectivity index (χ3n) is 3.49. The molecule has 3 heteroatoms. The number of hydrogen-bond acceptors (Lipinski definition) is 2. The first-order valence-corrected chi connectivity index (χ1v) is 6.03. The van der Waals surface area contributed by atoms with Gasteiger partial charge in [-0.3, -0.25) is 9.59 Å². The van der Waals surface area contributed by atoms with E-state index in [9.17, 15) is 14.7 Å². The van der Waals surface area contributed by atoms with Crippen LogP contribution in [-0.4, -0.2) is 16.9 Å². The van der Waals surface area contributed by atoms with Crippen molar-refractivity contribution in [2.75, 3.05) is 0 Å². The normalized spacial score (nSPS) is 26.8. The number of Topliss-reactive ketones (excluding diaryl/α,β-unsaturated/α-hetero) is 1. The van der Waals surface area contributed by atoms with E-state index >= 15 is 0 Å². The highest BCUT2D eigenvalue weighted by Gasteiger charge is 2.37. The highest BCUT2D eigenvalue weighted by atomic mass is 16.4. The van der Waals surface area contributed by atoms with Gasteiger partial charge in [-0.25, -0.2) is 0 Å². The van der Waals surface area contributed by atoms with Gasteiger partial charge in [0, 0.05) is 11.5 Å². The number of carbonyl (C=O) groups excluding carboxylic acids is 1. The van der Waals surface area contributed by atoms with Crippen LogP contribution in [-0.2, 0) is 4.79 Å². The van der Waals surface area contributed by atoms with Crippen LogP contribution in [0.15, 0.2) is 42.5 Å². The second kappa shape index (κ2) is 4.77. The van der Waals surface area contributed by atoms with Gasteiger partial charge >= 0.3 is 5.97 Å². The summed E-state index contributed by atoms with van der Waals surface area (Å²) < 4.78 is 0. The molecule has 0 radical (unpaired) electrons. The molecule has 0 heterocycles. The quantitative estimate of drug-likeness (QED) is 0.657. The lowest BCUT2D eigenvalue weighted by molar-refractivity contribution is -0.146. The van der Waals surface area contributed by atoms with Crippen LogP contribution < -0.4 is 0 Å². The Morgan fingerprint density at radius 1 is 1.28 bits per heavy atom. The van der Waals surface area contributed by atoms with Gasteiger partial charge < -0.3 is 5.11 Å². The van der Waals surface area contributed by atoms with Gasteiger partial charge in [0.05, 0.1) is 5.41 Å². The van der Waals surface area contributed by atoms with Crippen molar-refractivity contribution in [2.24, 2.45) is 11.3 Å². The van der Waals surface area contributed by atoms with Crippen LogP contribution in [0.3, 0.4) is 0 Å². The van der Waals surface area contributed by atoms with Gasteiger partial charge in [0.25, 0.3) is 0 Å². The fourth-order valence-corrected chi connectivity index (χ4v) is 2.35. The van der Waals surface area contributed by atoms with Gasteiger partial charge in [0.1, 0.15) is 0 Å². The number of carboxylic acids is 1. The molecule has 0 bridgehead atoms. The molecule has 1 aliphatic rings. The molecule has 94 valence electrons. The second-order valence-corrected chi connectivity index (χ2v) is 4.99. The van der Waals surface area contributed by atoms with Gasteiger partial charge in [0.15, 0.2) is 5.78 Å². The van der Waals surface area contributed by atoms with Crippen molar-refractivity contribution in [3.8, 4) is 0 Å². The van der Waals surface area contributed by atoms with Crippen LogP contribution in [0.2, 0.25) is 0 Å². The second-order valence-electron chi connectivity index (χ2n) is 4.99. The summed E-state index contributed by atoms with van der Waals surface area (Å²) in [6.45, 7) is 1.66. The molecule has 0 spiro atoms. The molecule has 1 N–H and O–H groups in total. The number of allylic oxidation sites excluding steroid dienone is 1. The molecule has 2 atom stereocenters. The van der Waals surface area contributed by atoms with E-state index in [2.05, 4.69) is 0 Å². The Balaban J connectivity index is 2.19. The fourth-order valence-electron chi connectivity index (χ4n) is 2.35. The number of ketones is 1. The van der Waals surface area contributed by atoms with Gasteiger partial charge in [-0.1, -0.05) is 42.5 Å². The molecule has 2 unspecified atom stereocenters. The minimum absolute atomic E-state index is 0.0347. The first-order valence-electron chi connectivity index (χ1n) is 6.03. The van der Waals surface area contributed by atoms with Crippen molar-refractivity contribution in [3.63, 3.8) is 0 Å². The average molecular weight is 244 g/mol. The van der Waals surface area contributed by atoms with Crippen molar-refractivity contribution in [2.45, 2.75) is 19.8 Å². The van der Waals surface area contributed by atoms with Crippen LogP contribution in [0.1, 0.15) is 30.1 Å². The molecule has 0 aliphatic heterocycles. The van der Waals surface area contributed by atoms with E-state index < -0.39 is 11.4 Å². The van der Waals surface area contributed by atoms with Crippen LogP contribution in [0.5, 0.6) is 0 Å². The van der Waals surface area contributed by atoms with Crippen molar-refractivity contribution in [1.29, 1.82) is 0 Å². The summed E-state index contributed by atoms with van der Waals surface area (Å²) in [5, 5.41) is 9.21. The SMILES string of the molecule is CC1(C(=O)O)C=CCC(C(=O)c2ccccc2)C1. The molecule has 1 aromatic carbocycles. The lowest BCUT2D eigenvalue weighted by atomic mass is 9.73. The van der Waals surface area contributed by atoms with Crippen molar-refractivity contribution < 1.29 is 14.7 Å². The predicted molar refractivity (Wildman–Crippen MR) is 68.4 cm³/mol. The molecule has 0 aromatic heterocycles. The summed E-state index contributed by atoms with van der Waals surface area (Å²) in [6.07, 6.45) is 4.50. The summed E-state index contributed by atoms with van der Waals surface area (Å²) in [5.74, 6) is -1.07. The van der Waals surface area contributed by atoms with Gasteiger partial charge in [-0.05, 0) is 19.8 Å². The summed E-state index contributed by atoms with van der Waals surface area (Å²) in [5.41, 5.74) is -0.265. The average Bonchev–Trinajstić information content (AvgIpc) is 2.39. The van der Waals surface area contributed by atoms with E-state index in [0.29, 0.717) is 18.4 Å². The summed E-state index contributed by atoms with van der Waals surface area (Å²) >= 11 is 0. The van der Waals surface area contributed by atoms with Crippen molar-refractivity contribution >= 4 is 11.8 Å². The molecule has 2 rings (SSSR count). The fraction of sp³-hybridized carbons (Fsp3) is 0.333. The molecular formula is C15H16O3. The molecule has 0 fully saturated rings. The molecule has 0 amide bonds. The Kier molecular flexibility index (Phi) is 3.32. The first kappa shape index (κ1) is 12.6. The smallest absolute Gasteiger partial charge is 0.313 e. The van der Waals surface area contributed by atoms with Crippen molar-refractivity contribution in [1.82, 2.24) is 0 Å². The molecule has 1 aromatic rings. The predicted octanol–water partition coefficient (Wildman–Crippen LogP) is 2.93. The van der Waals surface area contributed by atoms with Gasteiger partial charge in [0.2, 0.25) is 0 Å². The minimum atomic E-state index is -0.923. The Morgan fingerprint density at radius 3 is 2.56 bits per heavy atom. The zero-order valence-corrected chi connectivity index (χ0v) is 10.3. The minimum Gasteiger partial charge on any atom is -0.481 e. The molecule has 0 saturated carbocycles. The van der Waals surface area contributed by atoms with Gasteiger partial charge in [-0.15, -0.1) is 0 Å². The number of benzene rings is 1. The summed E-state index contributed by atoms with van der Waals surface area (Å²) in [7, 11) is 0. The zero-order valence-electron chi connectivity index (χ0n) is 10.3. The van der Waals surface area contributed by atoms with Crippen LogP contribution >= 0.6 is 0 Å². The lowest BCUT2D eigenvalue weighted by Crippen LogP contribution is -2.33. The number of hydrogen-bond donors (Lipinski definition) is 1. The van der Waals surface area contributed by atoms with Crippen LogP contribution in [0, 0.1) is 11.3 Å². The molecule has 3 nitrogen and oxygen atoms in total. The maximum atomic E-state index is 12.3. The maximum absolute atomic E-state index is 12.3. The van der Waals surface area contributed by atoms with Crippen LogP contribution in [0.4, 0.5) is 0 Å². The Hall–Kier alpha value is -1.90. The van der Waals surface area contributed by atoms with E-state index in [-0.39, 0.29) is 11.7 Å². The number of rotatable bonds is 3. The van der Waals surface area contributed by atoms with Crippen LogP contribution in [0.25, 0.3) is 0 Å². The Bertz CT molecular complexity index is 490. The van der Waals surface area contributed by atoms with Gasteiger partial charge in [-0.2, -0.15) is 0 Å². The third kappa shape index (κ3) is 2.35. The van der Waals surface area contributed by atoms with E-state index in [1.165, 1.54) is 0 Å². The Labute approximate surface area is 106 Å². The summed E-state index contributed by atoms with van der Waals surface area (Å²) in [4.78, 5) is 23.5. The highest BCUT2D eigenvalue weighted by Crippen LogP contribution is 2.35. The third-order valence-corrected chi connectivity index (χ3v) is 3.49.